The van der Waals surface area contributed by atoms with Gasteiger partial charge in [0, 0.05) is 0 Å². The van der Waals surface area contributed by atoms with Crippen molar-refractivity contribution < 1.29 is 0 Å². The monoisotopic (exact) mass is 832 g/mol. The maximum absolute atomic E-state index is 2.51. The molecule has 0 aliphatic rings. The van der Waals surface area contributed by atoms with Gasteiger partial charge in [0.05, 0.1) is 0 Å². The molecule has 66 heavy (non-hydrogen) atoms. The molecule has 0 heterocycles. The van der Waals surface area contributed by atoms with Gasteiger partial charge in [0.1, 0.15) is 0 Å². The lowest BCUT2D eigenvalue weighted by molar-refractivity contribution is 1.57. The molecule has 0 radical (unpaired) electrons. The van der Waals surface area contributed by atoms with Crippen LogP contribution < -0.4 is 0 Å². The molecule has 0 aromatic heterocycles. The van der Waals surface area contributed by atoms with Gasteiger partial charge in [0.2, 0.25) is 0 Å². The highest BCUT2D eigenvalue weighted by atomic mass is 14.3. The number of hydrogen-bond donors (Lipinski definition) is 0. The van der Waals surface area contributed by atoms with Gasteiger partial charge in [-0.3, -0.25) is 0 Å². The molecule has 0 heteroatoms. The molecule has 0 nitrogen and oxygen atoms in total. The Balaban J connectivity index is 1.03. The summed E-state index contributed by atoms with van der Waals surface area (Å²) >= 11 is 0. The first-order valence-electron chi connectivity index (χ1n) is 23.0. The molecule has 0 saturated carbocycles. The number of rotatable bonds is 6. The molecule has 0 spiro atoms. The van der Waals surface area contributed by atoms with E-state index in [0.717, 1.165) is 0 Å². The second-order valence-corrected chi connectivity index (χ2v) is 17.8. The van der Waals surface area contributed by atoms with E-state index >= 15 is 0 Å². The van der Waals surface area contributed by atoms with E-state index in [1.165, 1.54) is 142 Å². The Kier molecular flexibility index (Phi) is 8.08. The van der Waals surface area contributed by atoms with Gasteiger partial charge in [-0.05, 0) is 166 Å². The standard InChI is InChI=1S/C66H40/c1-5-17-41(18-6-1)47-25-13-26-48(42-19-7-2-8-20-42)63(47)45-33-35-51-53-29-15-31-55-60-40-62-58-38-46(64-49(43-21-9-3-10-22-43)27-14-28-50(64)44-23-11-4-12-24-44)34-36-52(58)54-30-16-32-56(66(54)62)59(60)39-61(65(53)55)57(51)37-45/h1-40H. The third-order valence-electron chi connectivity index (χ3n) is 14.4. The van der Waals surface area contributed by atoms with Gasteiger partial charge in [-0.2, -0.15) is 0 Å². The molecule has 0 aliphatic carbocycles. The van der Waals surface area contributed by atoms with Crippen LogP contribution in [-0.2, 0) is 0 Å². The molecule has 14 aromatic carbocycles. The molecule has 0 unspecified atom stereocenters. The molecule has 14 aromatic rings. The molecular formula is C66H40. The fraction of sp³-hybridized carbons (Fsp3) is 0. The van der Waals surface area contributed by atoms with Crippen molar-refractivity contribution >= 4 is 75.4 Å². The number of benzene rings is 12. The average Bonchev–Trinajstić information content (AvgIpc) is 3.89. The van der Waals surface area contributed by atoms with Gasteiger partial charge >= 0.3 is 0 Å². The second kappa shape index (κ2) is 14.5. The molecular weight excluding hydrogens is 793 g/mol. The van der Waals surface area contributed by atoms with Crippen molar-refractivity contribution in [2.75, 3.05) is 0 Å². The summed E-state index contributed by atoms with van der Waals surface area (Å²) in [5.41, 5.74) is 14.8. The van der Waals surface area contributed by atoms with Crippen LogP contribution in [0.5, 0.6) is 0 Å². The normalized spacial score (nSPS) is 11.9. The quantitative estimate of drug-likeness (QED) is 0.146. The Morgan fingerprint density at radius 3 is 0.773 bits per heavy atom. The smallest absolute Gasteiger partial charge is 0.00199 e. The Labute approximate surface area is 383 Å². The fourth-order valence-electron chi connectivity index (χ4n) is 11.5. The Bertz CT molecular complexity index is 3780. The lowest BCUT2D eigenvalue weighted by atomic mass is 9.87. The maximum Gasteiger partial charge on any atom is -0.00199 e. The summed E-state index contributed by atoms with van der Waals surface area (Å²) in [6, 6.07) is 90.2. The van der Waals surface area contributed by atoms with E-state index in [9.17, 15) is 0 Å². The van der Waals surface area contributed by atoms with Crippen LogP contribution in [0.1, 0.15) is 0 Å². The van der Waals surface area contributed by atoms with Crippen molar-refractivity contribution in [3.05, 3.63) is 243 Å². The minimum atomic E-state index is 1.22. The van der Waals surface area contributed by atoms with Gasteiger partial charge < -0.3 is 0 Å². The Morgan fingerprint density at radius 1 is 0.152 bits per heavy atom. The van der Waals surface area contributed by atoms with Crippen molar-refractivity contribution in [3.8, 4) is 66.8 Å². The first kappa shape index (κ1) is 36.9. The zero-order valence-electron chi connectivity index (χ0n) is 36.1. The highest BCUT2D eigenvalue weighted by Gasteiger charge is 2.22. The fourth-order valence-corrected chi connectivity index (χ4v) is 11.5. The van der Waals surface area contributed by atoms with E-state index < -0.39 is 0 Å². The minimum absolute atomic E-state index is 1.22. The predicted octanol–water partition coefficient (Wildman–Crippen LogP) is 18.6. The highest BCUT2D eigenvalue weighted by molar-refractivity contribution is 6.41. The van der Waals surface area contributed by atoms with Crippen LogP contribution >= 0.6 is 0 Å². The van der Waals surface area contributed by atoms with Crippen LogP contribution in [0.3, 0.4) is 0 Å². The zero-order valence-corrected chi connectivity index (χ0v) is 36.1. The first-order chi connectivity index (χ1) is 32.8. The van der Waals surface area contributed by atoms with E-state index in [1.807, 2.05) is 0 Å². The molecule has 0 bridgehead atoms. The molecule has 0 atom stereocenters. The van der Waals surface area contributed by atoms with E-state index in [2.05, 4.69) is 243 Å². The van der Waals surface area contributed by atoms with Crippen molar-refractivity contribution in [1.82, 2.24) is 0 Å². The largest absolute Gasteiger partial charge is 0.0622 e. The summed E-state index contributed by atoms with van der Waals surface area (Å²) in [6.07, 6.45) is 0. The van der Waals surface area contributed by atoms with Crippen LogP contribution in [0, 0.1) is 0 Å². The molecule has 0 amide bonds. The van der Waals surface area contributed by atoms with Gasteiger partial charge in [0.15, 0.2) is 0 Å². The van der Waals surface area contributed by atoms with Gasteiger partial charge in [-0.15, -0.1) is 0 Å². The topological polar surface area (TPSA) is 0 Å². The van der Waals surface area contributed by atoms with Gasteiger partial charge in [0.25, 0.3) is 0 Å². The summed E-state index contributed by atoms with van der Waals surface area (Å²) in [4.78, 5) is 0. The molecule has 14 rings (SSSR count). The lowest BCUT2D eigenvalue weighted by Gasteiger charge is -2.17. The van der Waals surface area contributed by atoms with Crippen molar-refractivity contribution in [2.45, 2.75) is 0 Å². The van der Waals surface area contributed by atoms with Crippen LogP contribution in [-0.4, -0.2) is 0 Å². The van der Waals surface area contributed by atoms with E-state index in [0.29, 0.717) is 0 Å². The molecule has 304 valence electrons. The second-order valence-electron chi connectivity index (χ2n) is 17.8. The highest BCUT2D eigenvalue weighted by Crippen LogP contribution is 2.50. The van der Waals surface area contributed by atoms with Gasteiger partial charge in [-0.25, -0.2) is 0 Å². The van der Waals surface area contributed by atoms with Crippen LogP contribution in [0.2, 0.25) is 0 Å². The average molecular weight is 833 g/mol. The lowest BCUT2D eigenvalue weighted by Crippen LogP contribution is -1.90. The van der Waals surface area contributed by atoms with Crippen molar-refractivity contribution in [1.29, 1.82) is 0 Å². The third kappa shape index (κ3) is 5.46. The Hall–Kier alpha value is -8.58. The van der Waals surface area contributed by atoms with E-state index in [4.69, 9.17) is 0 Å². The van der Waals surface area contributed by atoms with Crippen molar-refractivity contribution in [3.63, 3.8) is 0 Å². The summed E-state index contributed by atoms with van der Waals surface area (Å²) in [5, 5.41) is 18.3. The minimum Gasteiger partial charge on any atom is -0.0622 e. The van der Waals surface area contributed by atoms with Crippen LogP contribution in [0.15, 0.2) is 243 Å². The first-order valence-corrected chi connectivity index (χ1v) is 23.0. The summed E-state index contributed by atoms with van der Waals surface area (Å²) in [5.74, 6) is 0. The van der Waals surface area contributed by atoms with E-state index in [1.54, 1.807) is 0 Å². The SMILES string of the molecule is c1ccc(-c2cccc(-c3ccccc3)c2-c2ccc3c(c2)c2cc4c(cc5c6cc(-c7c(-c8ccccc8)cccc7-c7ccccc7)ccc6c6cccc4c65)c4cccc3c42)cc1. The number of fused-ring (bicyclic) bond motifs is 9. The molecule has 0 saturated heterocycles. The predicted molar refractivity (Wildman–Crippen MR) is 284 cm³/mol. The molecule has 0 N–H and O–H groups in total. The van der Waals surface area contributed by atoms with Gasteiger partial charge in [-0.1, -0.05) is 218 Å². The molecule has 0 fully saturated rings. The maximum atomic E-state index is 2.51. The summed E-state index contributed by atoms with van der Waals surface area (Å²) in [7, 11) is 0. The molecule has 0 aliphatic heterocycles. The van der Waals surface area contributed by atoms with Crippen LogP contribution in [0.4, 0.5) is 0 Å². The number of hydrogen-bond acceptors (Lipinski definition) is 0. The van der Waals surface area contributed by atoms with Crippen LogP contribution in [0.25, 0.3) is 142 Å². The summed E-state index contributed by atoms with van der Waals surface area (Å²) < 4.78 is 0. The summed E-state index contributed by atoms with van der Waals surface area (Å²) in [6.45, 7) is 0. The third-order valence-corrected chi connectivity index (χ3v) is 14.4. The Morgan fingerprint density at radius 2 is 0.439 bits per heavy atom. The van der Waals surface area contributed by atoms with E-state index in [-0.39, 0.29) is 0 Å². The zero-order chi connectivity index (χ0) is 43.3. The van der Waals surface area contributed by atoms with Crippen molar-refractivity contribution in [2.24, 2.45) is 0 Å².